The van der Waals surface area contributed by atoms with Crippen LogP contribution in [-0.4, -0.2) is 12.6 Å². The van der Waals surface area contributed by atoms with E-state index in [9.17, 15) is 4.79 Å². The molecule has 0 heterocycles. The molecule has 0 aromatic carbocycles. The van der Waals surface area contributed by atoms with Gasteiger partial charge in [0.15, 0.2) is 0 Å². The average Bonchev–Trinajstić information content (AvgIpc) is 2.35. The smallest absolute Gasteiger partial charge is 0.312 e. The van der Waals surface area contributed by atoms with E-state index in [1.54, 1.807) is 0 Å². The molecule has 1 aliphatic rings. The topological polar surface area (TPSA) is 26.3 Å². The summed E-state index contributed by atoms with van der Waals surface area (Å²) in [7, 11) is 0. The standard InChI is InChI=1S/C15H26O2/c1-3-17-15(16)13(2)14-11-9-7-5-4-6-8-10-12-14/h11,13H,3-10,12H2,1-2H3/b14-11+. The highest BCUT2D eigenvalue weighted by molar-refractivity contribution is 5.75. The summed E-state index contributed by atoms with van der Waals surface area (Å²) in [5.74, 6) is -0.106. The highest BCUT2D eigenvalue weighted by atomic mass is 16.5. The monoisotopic (exact) mass is 238 g/mol. The van der Waals surface area contributed by atoms with Crippen LogP contribution in [0.5, 0.6) is 0 Å². The van der Waals surface area contributed by atoms with E-state index < -0.39 is 0 Å². The number of carbonyl (C=O) groups excluding carboxylic acids is 1. The minimum atomic E-state index is -0.0594. The lowest BCUT2D eigenvalue weighted by molar-refractivity contribution is -0.146. The number of rotatable bonds is 3. The van der Waals surface area contributed by atoms with Crippen LogP contribution in [0.15, 0.2) is 11.6 Å². The van der Waals surface area contributed by atoms with Crippen LogP contribution in [0.2, 0.25) is 0 Å². The van der Waals surface area contributed by atoms with E-state index >= 15 is 0 Å². The van der Waals surface area contributed by atoms with Gasteiger partial charge >= 0.3 is 5.97 Å². The van der Waals surface area contributed by atoms with Gasteiger partial charge in [0.05, 0.1) is 12.5 Å². The first kappa shape index (κ1) is 14.3. The normalized spacial score (nSPS) is 23.3. The summed E-state index contributed by atoms with van der Waals surface area (Å²) in [5, 5.41) is 0. The number of hydrogen-bond donors (Lipinski definition) is 0. The summed E-state index contributed by atoms with van der Waals surface area (Å²) < 4.78 is 5.11. The third-order valence-corrected chi connectivity index (χ3v) is 3.52. The maximum atomic E-state index is 11.7. The van der Waals surface area contributed by atoms with Crippen LogP contribution in [-0.2, 0) is 9.53 Å². The Labute approximate surface area is 105 Å². The summed E-state index contributed by atoms with van der Waals surface area (Å²) in [6, 6.07) is 0. The van der Waals surface area contributed by atoms with Gasteiger partial charge in [0.1, 0.15) is 0 Å². The Balaban J connectivity index is 2.56. The van der Waals surface area contributed by atoms with Gasteiger partial charge in [-0.2, -0.15) is 0 Å². The van der Waals surface area contributed by atoms with Crippen molar-refractivity contribution in [3.8, 4) is 0 Å². The van der Waals surface area contributed by atoms with Crippen molar-refractivity contribution in [3.05, 3.63) is 11.6 Å². The van der Waals surface area contributed by atoms with Crippen molar-refractivity contribution >= 4 is 5.97 Å². The van der Waals surface area contributed by atoms with Crippen LogP contribution in [0, 0.1) is 5.92 Å². The molecule has 0 saturated heterocycles. The molecule has 0 fully saturated rings. The molecule has 0 bridgehead atoms. The van der Waals surface area contributed by atoms with E-state index in [2.05, 4.69) is 6.08 Å². The number of esters is 1. The molecule has 0 aromatic heterocycles. The molecule has 0 radical (unpaired) electrons. The van der Waals surface area contributed by atoms with Gasteiger partial charge in [-0.25, -0.2) is 0 Å². The predicted octanol–water partition coefficient (Wildman–Crippen LogP) is 4.25. The summed E-state index contributed by atoms with van der Waals surface area (Å²) >= 11 is 0. The minimum absolute atomic E-state index is 0.0469. The molecular weight excluding hydrogens is 212 g/mol. The van der Waals surface area contributed by atoms with Crippen LogP contribution in [0.1, 0.15) is 65.2 Å². The fraction of sp³-hybridized carbons (Fsp3) is 0.800. The molecule has 1 atom stereocenters. The van der Waals surface area contributed by atoms with E-state index in [0.29, 0.717) is 6.61 Å². The fourth-order valence-electron chi connectivity index (χ4n) is 2.38. The Morgan fingerprint density at radius 1 is 1.24 bits per heavy atom. The summed E-state index contributed by atoms with van der Waals surface area (Å²) in [5.41, 5.74) is 1.30. The molecule has 2 nitrogen and oxygen atoms in total. The highest BCUT2D eigenvalue weighted by Gasteiger charge is 2.18. The van der Waals surface area contributed by atoms with Crippen molar-refractivity contribution in [1.29, 1.82) is 0 Å². The third-order valence-electron chi connectivity index (χ3n) is 3.52. The Kier molecular flexibility index (Phi) is 6.99. The molecule has 1 rings (SSSR count). The largest absolute Gasteiger partial charge is 0.466 e. The van der Waals surface area contributed by atoms with Gasteiger partial charge in [0, 0.05) is 0 Å². The zero-order chi connectivity index (χ0) is 12.5. The third kappa shape index (κ3) is 5.38. The van der Waals surface area contributed by atoms with Crippen LogP contribution >= 0.6 is 0 Å². The predicted molar refractivity (Wildman–Crippen MR) is 70.8 cm³/mol. The molecule has 0 aliphatic heterocycles. The summed E-state index contributed by atoms with van der Waals surface area (Å²) in [4.78, 5) is 11.7. The van der Waals surface area contributed by atoms with E-state index in [1.165, 1.54) is 44.1 Å². The number of hydrogen-bond acceptors (Lipinski definition) is 2. The molecule has 98 valence electrons. The van der Waals surface area contributed by atoms with Gasteiger partial charge in [-0.1, -0.05) is 37.3 Å². The quantitative estimate of drug-likeness (QED) is 0.543. The maximum absolute atomic E-state index is 11.7. The first-order valence-corrected chi connectivity index (χ1v) is 7.11. The van der Waals surface area contributed by atoms with Gasteiger partial charge in [0.25, 0.3) is 0 Å². The lowest BCUT2D eigenvalue weighted by Gasteiger charge is -2.16. The summed E-state index contributed by atoms with van der Waals surface area (Å²) in [6.07, 6.45) is 12.3. The first-order valence-electron chi connectivity index (χ1n) is 7.11. The zero-order valence-corrected chi connectivity index (χ0v) is 11.3. The Hall–Kier alpha value is -0.790. The Morgan fingerprint density at radius 3 is 2.59 bits per heavy atom. The van der Waals surface area contributed by atoms with E-state index in [0.717, 1.165) is 12.8 Å². The van der Waals surface area contributed by atoms with E-state index in [-0.39, 0.29) is 11.9 Å². The second-order valence-electron chi connectivity index (χ2n) is 4.91. The van der Waals surface area contributed by atoms with Gasteiger partial charge in [-0.3, -0.25) is 4.79 Å². The number of ether oxygens (including phenoxy) is 1. The van der Waals surface area contributed by atoms with Crippen molar-refractivity contribution in [2.45, 2.75) is 65.2 Å². The van der Waals surface area contributed by atoms with Gasteiger partial charge < -0.3 is 4.74 Å². The minimum Gasteiger partial charge on any atom is -0.466 e. The molecule has 0 aromatic rings. The summed E-state index contributed by atoms with van der Waals surface area (Å²) in [6.45, 7) is 4.33. The van der Waals surface area contributed by atoms with Crippen molar-refractivity contribution in [3.63, 3.8) is 0 Å². The number of carbonyl (C=O) groups is 1. The van der Waals surface area contributed by atoms with Crippen molar-refractivity contribution in [1.82, 2.24) is 0 Å². The lowest BCUT2D eigenvalue weighted by atomic mass is 9.92. The average molecular weight is 238 g/mol. The second-order valence-corrected chi connectivity index (χ2v) is 4.91. The molecule has 0 spiro atoms. The molecule has 1 aliphatic carbocycles. The van der Waals surface area contributed by atoms with Crippen molar-refractivity contribution in [2.75, 3.05) is 6.61 Å². The second kappa shape index (κ2) is 8.32. The molecule has 2 heteroatoms. The van der Waals surface area contributed by atoms with Crippen molar-refractivity contribution < 1.29 is 9.53 Å². The molecule has 0 N–H and O–H groups in total. The Morgan fingerprint density at radius 2 is 1.88 bits per heavy atom. The zero-order valence-electron chi connectivity index (χ0n) is 11.3. The SMILES string of the molecule is CCOC(=O)C(C)/C1=C/CCCCCCCC1. The van der Waals surface area contributed by atoms with Gasteiger partial charge in [-0.05, 0) is 39.5 Å². The number of allylic oxidation sites excluding steroid dienone is 1. The Bertz CT molecular complexity index is 256. The molecular formula is C15H26O2. The molecule has 1 unspecified atom stereocenters. The molecule has 17 heavy (non-hydrogen) atoms. The first-order chi connectivity index (χ1) is 8.25. The highest BCUT2D eigenvalue weighted by Crippen LogP contribution is 2.23. The van der Waals surface area contributed by atoms with Crippen molar-refractivity contribution in [2.24, 2.45) is 5.92 Å². The van der Waals surface area contributed by atoms with Crippen LogP contribution in [0.3, 0.4) is 0 Å². The van der Waals surface area contributed by atoms with E-state index in [4.69, 9.17) is 4.74 Å². The molecule has 0 amide bonds. The van der Waals surface area contributed by atoms with Crippen LogP contribution in [0.25, 0.3) is 0 Å². The van der Waals surface area contributed by atoms with E-state index in [1.807, 2.05) is 13.8 Å². The van der Waals surface area contributed by atoms with Gasteiger partial charge in [-0.15, -0.1) is 0 Å². The van der Waals surface area contributed by atoms with Gasteiger partial charge in [0.2, 0.25) is 0 Å². The van der Waals surface area contributed by atoms with Crippen LogP contribution < -0.4 is 0 Å². The molecule has 0 saturated carbocycles. The lowest BCUT2D eigenvalue weighted by Crippen LogP contribution is -2.17. The van der Waals surface area contributed by atoms with Crippen LogP contribution in [0.4, 0.5) is 0 Å². The maximum Gasteiger partial charge on any atom is 0.312 e. The fourth-order valence-corrected chi connectivity index (χ4v) is 2.38.